The van der Waals surface area contributed by atoms with Gasteiger partial charge in [-0.2, -0.15) is 0 Å². The molecule has 0 spiro atoms. The maximum Gasteiger partial charge on any atom is 0.258 e. The number of methoxy groups -OCH3 is 1. The predicted octanol–water partition coefficient (Wildman–Crippen LogP) is 6.32. The molecule has 1 N–H and O–H groups in total. The lowest BCUT2D eigenvalue weighted by Crippen LogP contribution is -2.60. The Hall–Kier alpha value is -4.53. The topological polar surface area (TPSA) is 107 Å². The number of allylic oxidation sites excluding steroid dienone is 2. The van der Waals surface area contributed by atoms with Gasteiger partial charge in [-0.25, -0.2) is 26.9 Å². The lowest BCUT2D eigenvalue weighted by atomic mass is 9.56. The van der Waals surface area contributed by atoms with Crippen molar-refractivity contribution in [2.75, 3.05) is 25.1 Å². The molecule has 9 nitrogen and oxygen atoms in total. The first-order chi connectivity index (χ1) is 26.1. The fourth-order valence-electron chi connectivity index (χ4n) is 9.38. The van der Waals surface area contributed by atoms with Gasteiger partial charge >= 0.3 is 0 Å². The molecule has 0 bridgehead atoms. The minimum Gasteiger partial charge on any atom is -0.504 e. The van der Waals surface area contributed by atoms with Gasteiger partial charge in [-0.1, -0.05) is 48.0 Å². The average molecular weight is 805 g/mol. The maximum atomic E-state index is 15.3. The average Bonchev–Trinajstić information content (AvgIpc) is 3.52. The number of anilines is 1. The monoisotopic (exact) mass is 803 g/mol. The molecule has 0 aromatic heterocycles. The van der Waals surface area contributed by atoms with E-state index in [2.05, 4.69) is 4.90 Å². The van der Waals surface area contributed by atoms with Crippen LogP contribution in [0.5, 0.6) is 11.5 Å². The maximum absolute atomic E-state index is 15.3. The quantitative estimate of drug-likeness (QED) is 0.0777. The van der Waals surface area contributed by atoms with Crippen LogP contribution in [0.25, 0.3) is 0 Å². The van der Waals surface area contributed by atoms with E-state index >= 15 is 8.78 Å². The van der Waals surface area contributed by atoms with Crippen LogP contribution in [0.2, 0.25) is 0 Å². The second-order valence-electron chi connectivity index (χ2n) is 14.7. The number of nitrogens with zero attached hydrogens (tertiary/aromatic N) is 3. The number of likely N-dealkylation sites (tertiary alicyclic amines) is 2. The second-order valence-corrected chi connectivity index (χ2v) is 15.9. The summed E-state index contributed by atoms with van der Waals surface area (Å²) in [5.41, 5.74) is -0.305. The number of carbonyl (C=O) groups is 4. The highest BCUT2D eigenvalue weighted by Gasteiger charge is 2.77. The van der Waals surface area contributed by atoms with Crippen LogP contribution in [-0.2, 0) is 25.7 Å². The minimum absolute atomic E-state index is 0.0297. The highest BCUT2D eigenvalue weighted by Crippen LogP contribution is 2.66. The first kappa shape index (κ1) is 37.4. The largest absolute Gasteiger partial charge is 0.504 e. The molecule has 4 fully saturated rings. The zero-order chi connectivity index (χ0) is 39.3. The second kappa shape index (κ2) is 13.3. The molecule has 3 aromatic rings. The van der Waals surface area contributed by atoms with E-state index in [1.165, 1.54) is 30.2 Å². The molecule has 1 saturated carbocycles. The number of ether oxygens (including phenoxy) is 1. The van der Waals surface area contributed by atoms with Gasteiger partial charge in [-0.05, 0) is 54.9 Å². The molecule has 3 heterocycles. The Morgan fingerprint density at radius 1 is 0.836 bits per heavy atom. The summed E-state index contributed by atoms with van der Waals surface area (Å²) >= 11 is 14.4. The highest BCUT2D eigenvalue weighted by molar-refractivity contribution is 6.58. The van der Waals surface area contributed by atoms with E-state index in [0.29, 0.717) is 38.0 Å². The number of benzene rings is 3. The lowest BCUT2D eigenvalue weighted by molar-refractivity contribution is -0.144. The molecule has 16 heteroatoms. The van der Waals surface area contributed by atoms with Crippen LogP contribution in [0.15, 0.2) is 60.2 Å². The van der Waals surface area contributed by atoms with Crippen LogP contribution in [0, 0.1) is 46.8 Å². The van der Waals surface area contributed by atoms with Crippen LogP contribution in [-0.4, -0.2) is 74.5 Å². The number of carbonyl (C=O) groups excluding carboxylic acids is 4. The van der Waals surface area contributed by atoms with Crippen LogP contribution in [0.4, 0.5) is 27.6 Å². The third-order valence-electron chi connectivity index (χ3n) is 12.0. The fourth-order valence-corrected chi connectivity index (χ4v) is 10.3. The summed E-state index contributed by atoms with van der Waals surface area (Å²) in [6.45, 7) is 1.94. The van der Waals surface area contributed by atoms with Gasteiger partial charge in [0.2, 0.25) is 17.6 Å². The summed E-state index contributed by atoms with van der Waals surface area (Å²) < 4.78 is 79.0. The van der Waals surface area contributed by atoms with Gasteiger partial charge in [0, 0.05) is 31.6 Å². The van der Waals surface area contributed by atoms with Crippen molar-refractivity contribution < 1.29 is 51.0 Å². The van der Waals surface area contributed by atoms with Gasteiger partial charge in [0.15, 0.2) is 44.5 Å². The van der Waals surface area contributed by atoms with Crippen LogP contribution < -0.4 is 9.64 Å². The third kappa shape index (κ3) is 5.27. The Kier molecular flexibility index (Phi) is 9.05. The van der Waals surface area contributed by atoms with E-state index in [4.69, 9.17) is 27.9 Å². The molecular weight excluding hydrogens is 772 g/mol. The van der Waals surface area contributed by atoms with Gasteiger partial charge in [0.1, 0.15) is 5.69 Å². The van der Waals surface area contributed by atoms with Crippen molar-refractivity contribution in [2.45, 2.75) is 53.9 Å². The number of phenolic OH excluding ortho intramolecular Hbond substituents is 1. The van der Waals surface area contributed by atoms with Crippen molar-refractivity contribution in [3.05, 3.63) is 100 Å². The first-order valence-corrected chi connectivity index (χ1v) is 18.4. The summed E-state index contributed by atoms with van der Waals surface area (Å²) in [4.78, 5) is 55.5. The van der Waals surface area contributed by atoms with Gasteiger partial charge in [-0.3, -0.25) is 29.0 Å². The summed E-state index contributed by atoms with van der Waals surface area (Å²) in [6, 6.07) is 13.3. The van der Waals surface area contributed by atoms with E-state index in [1.807, 2.05) is 30.3 Å². The Balaban J connectivity index is 1.19. The van der Waals surface area contributed by atoms with Gasteiger partial charge in [-0.15, -0.1) is 23.2 Å². The summed E-state index contributed by atoms with van der Waals surface area (Å²) in [5.74, 6) is -21.2. The number of amides is 4. The summed E-state index contributed by atoms with van der Waals surface area (Å²) in [5, 5.41) is 10.4. The van der Waals surface area contributed by atoms with Gasteiger partial charge < -0.3 is 9.84 Å². The van der Waals surface area contributed by atoms with Crippen molar-refractivity contribution in [1.82, 2.24) is 9.80 Å². The smallest absolute Gasteiger partial charge is 0.258 e. The summed E-state index contributed by atoms with van der Waals surface area (Å²) in [6.07, 6.45) is 2.08. The summed E-state index contributed by atoms with van der Waals surface area (Å²) in [7, 11) is 1.24. The minimum atomic E-state index is -2.68. The molecule has 8 rings (SSSR count). The van der Waals surface area contributed by atoms with Crippen LogP contribution in [0.1, 0.15) is 42.7 Å². The van der Waals surface area contributed by atoms with E-state index in [-0.39, 0.29) is 28.4 Å². The molecule has 5 aliphatic rings. The lowest BCUT2D eigenvalue weighted by Gasteiger charge is -2.50. The number of hydrogen-bond acceptors (Lipinski definition) is 7. The molecule has 3 aromatic carbocycles. The number of halogens is 7. The Bertz CT molecular complexity index is 2170. The molecule has 4 amide bonds. The molecule has 0 unspecified atom stereocenters. The number of rotatable bonds is 6. The van der Waals surface area contributed by atoms with E-state index in [0.717, 1.165) is 5.56 Å². The zero-order valence-corrected chi connectivity index (χ0v) is 30.5. The van der Waals surface area contributed by atoms with Crippen molar-refractivity contribution in [1.29, 1.82) is 0 Å². The number of fused-ring (bicyclic) bond motifs is 4. The first-order valence-electron chi connectivity index (χ1n) is 17.6. The number of piperidine rings is 1. The molecule has 3 saturated heterocycles. The molecule has 0 radical (unpaired) electrons. The van der Waals surface area contributed by atoms with Gasteiger partial charge in [0.05, 0.1) is 18.9 Å². The Morgan fingerprint density at radius 3 is 2.11 bits per heavy atom. The van der Waals surface area contributed by atoms with Gasteiger partial charge in [0.25, 0.3) is 11.8 Å². The van der Waals surface area contributed by atoms with E-state index in [9.17, 15) is 37.5 Å². The number of phenols is 1. The highest BCUT2D eigenvalue weighted by atomic mass is 35.5. The standard InChI is InChI=1S/C39H32Cl2F5N3O6/c1-55-25-15-19(7-10-24(25)50)27-21-8-9-22-26(35(52)48(34(22)51)20-11-13-47(14-12-20)17-18-5-3-2-4-6-18)23(21)16-38(40)36(53)49(37(54)39(27,38)41)33-31(45)29(43)28(42)30(44)32(33)46/h2-8,10,15,20,22-23,26-27,50H,9,11-14,16-17H2,1H3/t22-,23+,26-,27-,38+,39-/m0/s1. The molecule has 55 heavy (non-hydrogen) atoms. The number of aromatic hydroxyl groups is 1. The van der Waals surface area contributed by atoms with Crippen LogP contribution in [0.3, 0.4) is 0 Å². The van der Waals surface area contributed by atoms with E-state index in [1.54, 1.807) is 6.08 Å². The zero-order valence-electron chi connectivity index (χ0n) is 29.0. The Labute approximate surface area is 321 Å². The van der Waals surface area contributed by atoms with Crippen molar-refractivity contribution in [3.63, 3.8) is 0 Å². The molecular formula is C39H32Cl2F5N3O6. The number of imide groups is 2. The number of hydrogen-bond donors (Lipinski definition) is 1. The molecule has 288 valence electrons. The van der Waals surface area contributed by atoms with E-state index < -0.39 is 104 Å². The SMILES string of the molecule is COc1cc([C@H]2C3=CC[C@@H]4C(=O)N(C5CCN(Cc6ccccc6)CC5)C(=O)[C@@H]4[C@@H]3C[C@@]3(Cl)C(=O)N(c4c(F)c(F)c(F)c(F)c4F)C(=O)[C@@]23Cl)ccc1O. The van der Waals surface area contributed by atoms with Crippen molar-refractivity contribution in [2.24, 2.45) is 17.8 Å². The molecule has 3 aliphatic heterocycles. The third-order valence-corrected chi connectivity index (χ3v) is 13.4. The van der Waals surface area contributed by atoms with Crippen LogP contribution >= 0.6 is 23.2 Å². The Morgan fingerprint density at radius 2 is 1.47 bits per heavy atom. The van der Waals surface area contributed by atoms with Crippen molar-refractivity contribution in [3.8, 4) is 11.5 Å². The molecule has 2 aliphatic carbocycles. The predicted molar refractivity (Wildman–Crippen MR) is 188 cm³/mol. The molecule has 6 atom stereocenters. The fraction of sp³-hybridized carbons (Fsp3) is 0.385. The van der Waals surface area contributed by atoms with Crippen molar-refractivity contribution >= 4 is 52.5 Å². The normalized spacial score (nSPS) is 29.7. The number of alkyl halides is 2.